The standard InChI is InChI=1S/C5H6O3S/c6-9(7)5-2-1-3-8-4-5/h1,3H,2,4H2. The molecule has 0 radical (unpaired) electrons. The monoisotopic (exact) mass is 146 g/mol. The lowest BCUT2D eigenvalue weighted by Gasteiger charge is -2.03. The first-order chi connectivity index (χ1) is 4.30. The molecule has 0 aromatic carbocycles. The number of hydrogen-bond donors (Lipinski definition) is 0. The summed E-state index contributed by atoms with van der Waals surface area (Å²) >= 11 is 0. The Morgan fingerprint density at radius 2 is 2.33 bits per heavy atom. The Morgan fingerprint density at radius 1 is 1.56 bits per heavy atom. The fourth-order valence-electron chi connectivity index (χ4n) is 0.564. The Kier molecular flexibility index (Phi) is 1.89. The van der Waals surface area contributed by atoms with E-state index in [0.29, 0.717) is 11.3 Å². The zero-order valence-electron chi connectivity index (χ0n) is 4.70. The van der Waals surface area contributed by atoms with Crippen LogP contribution in [0.5, 0.6) is 0 Å². The first kappa shape index (κ1) is 6.35. The van der Waals surface area contributed by atoms with Gasteiger partial charge in [0.05, 0.1) is 11.1 Å². The van der Waals surface area contributed by atoms with Gasteiger partial charge in [0, 0.05) is 6.42 Å². The van der Waals surface area contributed by atoms with Gasteiger partial charge >= 0.3 is 0 Å². The molecule has 1 aliphatic heterocycles. The summed E-state index contributed by atoms with van der Waals surface area (Å²) in [5, 5.41) is 0. The third-order valence-corrected chi connectivity index (χ3v) is 1.77. The number of rotatable bonds is 0. The molecule has 0 aromatic heterocycles. The van der Waals surface area contributed by atoms with Crippen LogP contribution in [0.4, 0.5) is 0 Å². The maximum atomic E-state index is 10.2. The van der Waals surface area contributed by atoms with Crippen molar-refractivity contribution >= 4 is 15.2 Å². The number of hydrogen-bond acceptors (Lipinski definition) is 3. The minimum Gasteiger partial charge on any atom is -0.496 e. The van der Waals surface area contributed by atoms with Crippen LogP contribution in [-0.4, -0.2) is 19.9 Å². The van der Waals surface area contributed by atoms with Crippen molar-refractivity contribution in [1.29, 1.82) is 0 Å². The molecule has 1 rings (SSSR count). The minimum absolute atomic E-state index is 0.215. The fourth-order valence-corrected chi connectivity index (χ4v) is 0.960. The highest BCUT2D eigenvalue weighted by Gasteiger charge is 2.02. The normalized spacial score (nSPS) is 17.1. The van der Waals surface area contributed by atoms with Crippen LogP contribution in [0.25, 0.3) is 0 Å². The van der Waals surface area contributed by atoms with Gasteiger partial charge in [0.15, 0.2) is 0 Å². The van der Waals surface area contributed by atoms with E-state index in [0.717, 1.165) is 0 Å². The fraction of sp³-hybridized carbons (Fsp3) is 0.400. The molecule has 0 amide bonds. The summed E-state index contributed by atoms with van der Waals surface area (Å²) in [6.07, 6.45) is 3.68. The summed E-state index contributed by atoms with van der Waals surface area (Å²) in [5.74, 6) is 0. The smallest absolute Gasteiger partial charge is 0.216 e. The lowest BCUT2D eigenvalue weighted by molar-refractivity contribution is 0.295. The van der Waals surface area contributed by atoms with E-state index < -0.39 is 10.3 Å². The maximum Gasteiger partial charge on any atom is 0.216 e. The molecule has 50 valence electrons. The van der Waals surface area contributed by atoms with Gasteiger partial charge in [0.1, 0.15) is 6.61 Å². The van der Waals surface area contributed by atoms with Crippen LogP contribution in [0.15, 0.2) is 12.3 Å². The van der Waals surface area contributed by atoms with Crippen molar-refractivity contribution < 1.29 is 13.2 Å². The van der Waals surface area contributed by atoms with E-state index in [1.807, 2.05) is 0 Å². The molecule has 0 N–H and O–H groups in total. The van der Waals surface area contributed by atoms with Gasteiger partial charge in [-0.3, -0.25) is 0 Å². The van der Waals surface area contributed by atoms with E-state index in [2.05, 4.69) is 0 Å². The van der Waals surface area contributed by atoms with Gasteiger partial charge in [-0.25, -0.2) is 0 Å². The van der Waals surface area contributed by atoms with Gasteiger partial charge in [-0.1, -0.05) is 0 Å². The summed E-state index contributed by atoms with van der Waals surface area (Å²) in [6, 6.07) is 0. The van der Waals surface area contributed by atoms with Gasteiger partial charge in [-0.15, -0.1) is 0 Å². The Bertz CT molecular complexity index is 239. The lowest BCUT2D eigenvalue weighted by Crippen LogP contribution is -2.09. The highest BCUT2D eigenvalue weighted by atomic mass is 32.2. The molecular weight excluding hydrogens is 140 g/mol. The van der Waals surface area contributed by atoms with Crippen LogP contribution < -0.4 is 0 Å². The van der Waals surface area contributed by atoms with E-state index in [9.17, 15) is 8.42 Å². The van der Waals surface area contributed by atoms with E-state index in [1.54, 1.807) is 6.08 Å². The molecule has 0 unspecified atom stereocenters. The highest BCUT2D eigenvalue weighted by Crippen LogP contribution is 1.96. The van der Waals surface area contributed by atoms with E-state index in [-0.39, 0.29) is 6.61 Å². The van der Waals surface area contributed by atoms with Crippen LogP contribution >= 0.6 is 0 Å². The maximum absolute atomic E-state index is 10.2. The molecule has 0 fully saturated rings. The predicted octanol–water partition coefficient (Wildman–Crippen LogP) is -0.0281. The minimum atomic E-state index is -2.06. The van der Waals surface area contributed by atoms with Crippen LogP contribution in [0.2, 0.25) is 0 Å². The molecule has 0 bridgehead atoms. The summed E-state index contributed by atoms with van der Waals surface area (Å²) in [5.41, 5.74) is 0. The highest BCUT2D eigenvalue weighted by molar-refractivity contribution is 7.73. The molecule has 0 aliphatic carbocycles. The van der Waals surface area contributed by atoms with Crippen LogP contribution in [0.1, 0.15) is 6.42 Å². The molecule has 0 saturated carbocycles. The van der Waals surface area contributed by atoms with Gasteiger partial charge in [-0.2, -0.15) is 8.42 Å². The summed E-state index contributed by atoms with van der Waals surface area (Å²) in [6.45, 7) is 0.215. The quantitative estimate of drug-likeness (QED) is 0.451. The van der Waals surface area contributed by atoms with Gasteiger partial charge in [0.25, 0.3) is 0 Å². The van der Waals surface area contributed by atoms with Crippen molar-refractivity contribution in [3.63, 3.8) is 0 Å². The molecule has 4 heteroatoms. The van der Waals surface area contributed by atoms with E-state index in [1.165, 1.54) is 6.26 Å². The molecule has 0 aromatic rings. The van der Waals surface area contributed by atoms with Crippen molar-refractivity contribution in [3.05, 3.63) is 12.3 Å². The third kappa shape index (κ3) is 1.57. The van der Waals surface area contributed by atoms with Crippen molar-refractivity contribution in [2.24, 2.45) is 0 Å². The Balaban J connectivity index is 2.89. The number of ether oxygens (including phenoxy) is 1. The summed E-state index contributed by atoms with van der Waals surface area (Å²) in [4.78, 5) is 0.414. The van der Waals surface area contributed by atoms with Gasteiger partial charge < -0.3 is 4.74 Å². The Labute approximate surface area is 54.5 Å². The summed E-state index contributed by atoms with van der Waals surface area (Å²) in [7, 11) is -2.06. The number of allylic oxidation sites excluding steroid dienone is 1. The van der Waals surface area contributed by atoms with Crippen molar-refractivity contribution in [3.8, 4) is 0 Å². The van der Waals surface area contributed by atoms with Crippen LogP contribution in [-0.2, 0) is 15.0 Å². The Morgan fingerprint density at radius 3 is 2.67 bits per heavy atom. The second-order valence-electron chi connectivity index (χ2n) is 1.66. The van der Waals surface area contributed by atoms with E-state index >= 15 is 0 Å². The second-order valence-corrected chi connectivity index (χ2v) is 2.71. The zero-order valence-corrected chi connectivity index (χ0v) is 5.52. The van der Waals surface area contributed by atoms with Crippen LogP contribution in [0, 0.1) is 0 Å². The van der Waals surface area contributed by atoms with Gasteiger partial charge in [-0.05, 0) is 6.08 Å². The van der Waals surface area contributed by atoms with Crippen molar-refractivity contribution in [1.82, 2.24) is 0 Å². The largest absolute Gasteiger partial charge is 0.496 e. The Hall–Kier alpha value is -0.770. The average Bonchev–Trinajstić information content (AvgIpc) is 1.90. The lowest BCUT2D eigenvalue weighted by atomic mass is 10.3. The first-order valence-corrected chi connectivity index (χ1v) is 3.59. The third-order valence-electron chi connectivity index (χ3n) is 1.02. The van der Waals surface area contributed by atoms with Gasteiger partial charge in [0.2, 0.25) is 10.3 Å². The molecule has 0 atom stereocenters. The average molecular weight is 146 g/mol. The molecule has 1 aliphatic rings. The molecule has 0 saturated heterocycles. The second kappa shape index (κ2) is 2.68. The topological polar surface area (TPSA) is 43.4 Å². The van der Waals surface area contributed by atoms with Crippen LogP contribution in [0.3, 0.4) is 0 Å². The molecule has 0 spiro atoms. The van der Waals surface area contributed by atoms with E-state index in [4.69, 9.17) is 4.74 Å². The zero-order chi connectivity index (χ0) is 6.69. The summed E-state index contributed by atoms with van der Waals surface area (Å²) < 4.78 is 25.1. The van der Waals surface area contributed by atoms with Crippen molar-refractivity contribution in [2.75, 3.05) is 6.61 Å². The molecule has 1 heterocycles. The molecule has 9 heavy (non-hydrogen) atoms. The van der Waals surface area contributed by atoms with Crippen molar-refractivity contribution in [2.45, 2.75) is 6.42 Å². The SMILES string of the molecule is O=S(=O)=C1CC=COC1. The molecule has 3 nitrogen and oxygen atoms in total. The first-order valence-electron chi connectivity index (χ1n) is 2.51. The molecular formula is C5H6O3S. The predicted molar refractivity (Wildman–Crippen MR) is 33.6 cm³/mol.